The molecule has 0 bridgehead atoms. The van der Waals surface area contributed by atoms with Gasteiger partial charge in [0.05, 0.1) is 0 Å². The maximum Gasteiger partial charge on any atom is 0.159 e. The van der Waals surface area contributed by atoms with Crippen molar-refractivity contribution in [1.82, 2.24) is 0 Å². The van der Waals surface area contributed by atoms with Crippen LogP contribution in [0.5, 0.6) is 0 Å². The van der Waals surface area contributed by atoms with E-state index >= 15 is 0 Å². The van der Waals surface area contributed by atoms with E-state index in [4.69, 9.17) is 0 Å². The van der Waals surface area contributed by atoms with Gasteiger partial charge in [-0.2, -0.15) is 0 Å². The zero-order valence-electron chi connectivity index (χ0n) is 9.21. The second-order valence-electron chi connectivity index (χ2n) is 5.53. The van der Waals surface area contributed by atoms with Gasteiger partial charge in [0, 0.05) is 29.9 Å². The van der Waals surface area contributed by atoms with Crippen LogP contribution in [0.25, 0.3) is 0 Å². The minimum Gasteiger partial charge on any atom is -0.295 e. The van der Waals surface area contributed by atoms with Crippen molar-refractivity contribution in [3.63, 3.8) is 0 Å². The van der Waals surface area contributed by atoms with Gasteiger partial charge in [-0.05, 0) is 31.6 Å². The molecule has 0 aromatic heterocycles. The van der Waals surface area contributed by atoms with Gasteiger partial charge >= 0.3 is 0 Å². The standard InChI is InChI=1S/C14H14O2/c15-10-3-1-7-5-9-6-8-2-4-11(16)13(8)14(9)12(7)10/h9,14H,1-6H2. The first-order valence-corrected chi connectivity index (χ1v) is 6.26. The zero-order chi connectivity index (χ0) is 10.9. The molecule has 0 aromatic carbocycles. The number of rotatable bonds is 0. The Kier molecular flexibility index (Phi) is 1.52. The van der Waals surface area contributed by atoms with E-state index in [-0.39, 0.29) is 5.92 Å². The topological polar surface area (TPSA) is 34.1 Å². The molecule has 4 aliphatic carbocycles. The average Bonchev–Trinajstić information content (AvgIpc) is 2.90. The van der Waals surface area contributed by atoms with Crippen molar-refractivity contribution in [2.75, 3.05) is 0 Å². The van der Waals surface area contributed by atoms with Gasteiger partial charge in [0.15, 0.2) is 11.6 Å². The summed E-state index contributed by atoms with van der Waals surface area (Å²) in [4.78, 5) is 23.8. The van der Waals surface area contributed by atoms with Gasteiger partial charge in [0.25, 0.3) is 0 Å². The van der Waals surface area contributed by atoms with Crippen LogP contribution in [0.3, 0.4) is 0 Å². The molecule has 2 nitrogen and oxygen atoms in total. The van der Waals surface area contributed by atoms with Gasteiger partial charge in [-0.3, -0.25) is 9.59 Å². The molecule has 82 valence electrons. The first-order valence-electron chi connectivity index (χ1n) is 6.26. The molecule has 0 amide bonds. The van der Waals surface area contributed by atoms with Crippen LogP contribution in [0.1, 0.15) is 38.5 Å². The van der Waals surface area contributed by atoms with Crippen molar-refractivity contribution in [1.29, 1.82) is 0 Å². The Morgan fingerprint density at radius 1 is 0.750 bits per heavy atom. The summed E-state index contributed by atoms with van der Waals surface area (Å²) < 4.78 is 0. The summed E-state index contributed by atoms with van der Waals surface area (Å²) in [6, 6.07) is 0. The molecular formula is C14H14O2. The smallest absolute Gasteiger partial charge is 0.159 e. The molecular weight excluding hydrogens is 200 g/mol. The van der Waals surface area contributed by atoms with E-state index in [1.807, 2.05) is 0 Å². The SMILES string of the molecule is O=C1CCC2=C1C1C3=C(CCC3=O)CC1C2. The first-order chi connectivity index (χ1) is 7.75. The lowest BCUT2D eigenvalue weighted by Crippen LogP contribution is -2.17. The number of hydrogen-bond acceptors (Lipinski definition) is 2. The van der Waals surface area contributed by atoms with Crippen molar-refractivity contribution >= 4 is 11.6 Å². The highest BCUT2D eigenvalue weighted by Crippen LogP contribution is 2.56. The number of Topliss-reactive ketones (excluding diaryl/α,β-unsaturated/α-hetero) is 2. The minimum absolute atomic E-state index is 0.231. The van der Waals surface area contributed by atoms with E-state index in [0.717, 1.165) is 36.8 Å². The molecule has 0 fully saturated rings. The predicted octanol–water partition coefficient (Wildman–Crippen LogP) is 2.35. The molecule has 0 atom stereocenters. The Bertz CT molecular complexity index is 449. The van der Waals surface area contributed by atoms with Crippen LogP contribution in [-0.2, 0) is 9.59 Å². The summed E-state index contributed by atoms with van der Waals surface area (Å²) in [6.07, 6.45) is 5.52. The monoisotopic (exact) mass is 214 g/mol. The highest BCUT2D eigenvalue weighted by Gasteiger charge is 2.49. The molecule has 0 unspecified atom stereocenters. The summed E-state index contributed by atoms with van der Waals surface area (Å²) in [7, 11) is 0. The minimum atomic E-state index is 0.231. The molecule has 0 N–H and O–H groups in total. The summed E-state index contributed by atoms with van der Waals surface area (Å²) in [5, 5.41) is 0. The molecule has 4 aliphatic rings. The third-order valence-electron chi connectivity index (χ3n) is 4.78. The fraction of sp³-hybridized carbons (Fsp3) is 0.571. The van der Waals surface area contributed by atoms with Crippen molar-refractivity contribution in [3.8, 4) is 0 Å². The van der Waals surface area contributed by atoms with Crippen molar-refractivity contribution in [2.24, 2.45) is 11.8 Å². The van der Waals surface area contributed by atoms with Crippen LogP contribution in [0.4, 0.5) is 0 Å². The van der Waals surface area contributed by atoms with Crippen molar-refractivity contribution in [2.45, 2.75) is 38.5 Å². The van der Waals surface area contributed by atoms with Crippen LogP contribution >= 0.6 is 0 Å². The predicted molar refractivity (Wildman–Crippen MR) is 58.7 cm³/mol. The Labute approximate surface area is 94.4 Å². The van der Waals surface area contributed by atoms with Crippen LogP contribution in [0.15, 0.2) is 22.3 Å². The zero-order valence-corrected chi connectivity index (χ0v) is 9.21. The van der Waals surface area contributed by atoms with Gasteiger partial charge in [-0.25, -0.2) is 0 Å². The number of carbonyl (C=O) groups is 2. The molecule has 0 radical (unpaired) electrons. The molecule has 0 aliphatic heterocycles. The maximum absolute atomic E-state index is 11.9. The Morgan fingerprint density at radius 2 is 1.25 bits per heavy atom. The third kappa shape index (κ3) is 0.892. The van der Waals surface area contributed by atoms with Crippen LogP contribution in [0, 0.1) is 11.8 Å². The van der Waals surface area contributed by atoms with Gasteiger partial charge in [-0.15, -0.1) is 0 Å². The molecule has 0 saturated carbocycles. The molecule has 0 heterocycles. The summed E-state index contributed by atoms with van der Waals surface area (Å²) in [6.45, 7) is 0. The number of carbonyl (C=O) groups excluding carboxylic acids is 2. The maximum atomic E-state index is 11.9. The molecule has 16 heavy (non-hydrogen) atoms. The van der Waals surface area contributed by atoms with Crippen molar-refractivity contribution in [3.05, 3.63) is 22.3 Å². The summed E-state index contributed by atoms with van der Waals surface area (Å²) in [5.41, 5.74) is 4.88. The number of ketones is 2. The van der Waals surface area contributed by atoms with E-state index in [0.29, 0.717) is 30.3 Å². The highest BCUT2D eigenvalue weighted by atomic mass is 16.1. The normalized spacial score (nSPS) is 36.2. The Hall–Kier alpha value is -1.18. The first kappa shape index (κ1) is 8.91. The van der Waals surface area contributed by atoms with Crippen LogP contribution < -0.4 is 0 Å². The molecule has 0 aromatic rings. The fourth-order valence-electron chi connectivity index (χ4n) is 4.23. The third-order valence-corrected chi connectivity index (χ3v) is 4.78. The van der Waals surface area contributed by atoms with Gasteiger partial charge in [0.1, 0.15) is 0 Å². The number of fused-ring (bicyclic) bond motifs is 3. The number of allylic oxidation sites excluding steroid dienone is 4. The molecule has 2 heteroatoms. The van der Waals surface area contributed by atoms with Crippen LogP contribution in [0.2, 0.25) is 0 Å². The van der Waals surface area contributed by atoms with E-state index < -0.39 is 0 Å². The molecule has 0 saturated heterocycles. The van der Waals surface area contributed by atoms with E-state index in [9.17, 15) is 9.59 Å². The largest absolute Gasteiger partial charge is 0.295 e. The second-order valence-corrected chi connectivity index (χ2v) is 5.53. The number of hydrogen-bond donors (Lipinski definition) is 0. The van der Waals surface area contributed by atoms with Gasteiger partial charge in [0.2, 0.25) is 0 Å². The fourth-order valence-corrected chi connectivity index (χ4v) is 4.23. The van der Waals surface area contributed by atoms with Gasteiger partial charge in [-0.1, -0.05) is 11.1 Å². The molecule has 0 spiro atoms. The lowest BCUT2D eigenvalue weighted by molar-refractivity contribution is -0.115. The van der Waals surface area contributed by atoms with Gasteiger partial charge < -0.3 is 0 Å². The molecule has 4 rings (SSSR count). The Balaban J connectivity index is 1.84. The second kappa shape index (κ2) is 2.73. The average molecular weight is 214 g/mol. The lowest BCUT2D eigenvalue weighted by atomic mass is 9.85. The quantitative estimate of drug-likeness (QED) is 0.620. The lowest BCUT2D eigenvalue weighted by Gasteiger charge is -2.16. The van der Waals surface area contributed by atoms with E-state index in [1.165, 1.54) is 11.1 Å². The van der Waals surface area contributed by atoms with E-state index in [1.54, 1.807) is 0 Å². The van der Waals surface area contributed by atoms with E-state index in [2.05, 4.69) is 0 Å². The summed E-state index contributed by atoms with van der Waals surface area (Å²) in [5.74, 6) is 1.46. The Morgan fingerprint density at radius 3 is 1.75 bits per heavy atom. The summed E-state index contributed by atoms with van der Waals surface area (Å²) >= 11 is 0. The van der Waals surface area contributed by atoms with Crippen molar-refractivity contribution < 1.29 is 9.59 Å². The van der Waals surface area contributed by atoms with Crippen LogP contribution in [-0.4, -0.2) is 11.6 Å². The highest BCUT2D eigenvalue weighted by molar-refractivity contribution is 6.06.